The topological polar surface area (TPSA) is 82.5 Å². The van der Waals surface area contributed by atoms with Gasteiger partial charge in [-0.2, -0.15) is 0 Å². The lowest BCUT2D eigenvalue weighted by atomic mass is 10.1. The Hall–Kier alpha value is -3.32. The van der Waals surface area contributed by atoms with Gasteiger partial charge in [-0.1, -0.05) is 25.4 Å². The lowest BCUT2D eigenvalue weighted by Gasteiger charge is -2.15. The number of amides is 1. The molecule has 3 rings (SSSR count). The van der Waals surface area contributed by atoms with Gasteiger partial charge in [0, 0.05) is 36.3 Å². The summed E-state index contributed by atoms with van der Waals surface area (Å²) in [6.45, 7) is 4.72. The predicted molar refractivity (Wildman–Crippen MR) is 124 cm³/mol. The van der Waals surface area contributed by atoms with Gasteiger partial charge in [-0.15, -0.1) is 0 Å². The Balaban J connectivity index is 1.72. The van der Waals surface area contributed by atoms with Crippen molar-refractivity contribution in [2.45, 2.75) is 20.3 Å². The largest absolute Gasteiger partial charge is 0.493 e. The zero-order chi connectivity index (χ0) is 23.3. The smallest absolute Gasteiger partial charge is 0.255 e. The first-order valence-electron chi connectivity index (χ1n) is 10.2. The molecule has 3 aromatic rings. The lowest BCUT2D eigenvalue weighted by molar-refractivity contribution is 0.102. The Labute approximate surface area is 192 Å². The van der Waals surface area contributed by atoms with Crippen molar-refractivity contribution in [2.75, 3.05) is 19.0 Å². The molecule has 1 aromatic heterocycles. The summed E-state index contributed by atoms with van der Waals surface area (Å²) in [4.78, 5) is 29.3. The first-order chi connectivity index (χ1) is 15.3. The standard InChI is InChI=1S/C24H26ClN3O4/c1-15(2)9-12-32-22-19(25)13-17(14-20(22)31-4)24(30)27-18-7-5-16(6-8-18)21(29)23-26-10-11-28(23)3/h5-8,10-11,13-15H,9,12H2,1-4H3,(H,27,30). The maximum absolute atomic E-state index is 12.8. The quantitative estimate of drug-likeness (QED) is 0.459. The highest BCUT2D eigenvalue weighted by molar-refractivity contribution is 6.32. The van der Waals surface area contributed by atoms with E-state index in [-0.39, 0.29) is 11.7 Å². The van der Waals surface area contributed by atoms with Crippen LogP contribution in [0.1, 0.15) is 46.8 Å². The Kier molecular flexibility index (Phi) is 7.53. The molecule has 0 aliphatic heterocycles. The van der Waals surface area contributed by atoms with Gasteiger partial charge in [0.05, 0.1) is 18.7 Å². The second-order valence-electron chi connectivity index (χ2n) is 7.74. The van der Waals surface area contributed by atoms with Crippen molar-refractivity contribution >= 4 is 29.0 Å². The first kappa shape index (κ1) is 23.3. The van der Waals surface area contributed by atoms with Crippen molar-refractivity contribution in [3.63, 3.8) is 0 Å². The molecule has 0 atom stereocenters. The van der Waals surface area contributed by atoms with E-state index in [1.54, 1.807) is 60.4 Å². The van der Waals surface area contributed by atoms with Crippen LogP contribution >= 0.6 is 11.6 Å². The summed E-state index contributed by atoms with van der Waals surface area (Å²) in [5.74, 6) is 1.10. The van der Waals surface area contributed by atoms with Crippen molar-refractivity contribution in [1.82, 2.24) is 9.55 Å². The molecule has 0 saturated carbocycles. The normalized spacial score (nSPS) is 10.8. The fourth-order valence-corrected chi connectivity index (χ4v) is 3.27. The number of ketones is 1. The fourth-order valence-electron chi connectivity index (χ4n) is 3.01. The highest BCUT2D eigenvalue weighted by Gasteiger charge is 2.17. The van der Waals surface area contributed by atoms with Gasteiger partial charge >= 0.3 is 0 Å². The van der Waals surface area contributed by atoms with Crippen LogP contribution in [0.5, 0.6) is 11.5 Å². The van der Waals surface area contributed by atoms with Gasteiger partial charge in [-0.3, -0.25) is 9.59 Å². The van der Waals surface area contributed by atoms with E-state index < -0.39 is 0 Å². The molecule has 7 nitrogen and oxygen atoms in total. The zero-order valence-corrected chi connectivity index (χ0v) is 19.3. The van der Waals surface area contributed by atoms with E-state index >= 15 is 0 Å². The summed E-state index contributed by atoms with van der Waals surface area (Å²) in [5.41, 5.74) is 1.35. The highest BCUT2D eigenvalue weighted by Crippen LogP contribution is 2.37. The number of carbonyl (C=O) groups excluding carboxylic acids is 2. The summed E-state index contributed by atoms with van der Waals surface area (Å²) in [6.07, 6.45) is 4.16. The minimum Gasteiger partial charge on any atom is -0.493 e. The van der Waals surface area contributed by atoms with Gasteiger partial charge in [0.1, 0.15) is 0 Å². The maximum Gasteiger partial charge on any atom is 0.255 e. The fraction of sp³-hybridized carbons (Fsp3) is 0.292. The number of methoxy groups -OCH3 is 1. The van der Waals surface area contributed by atoms with Crippen LogP contribution in [0, 0.1) is 5.92 Å². The van der Waals surface area contributed by atoms with Gasteiger partial charge in [0.2, 0.25) is 5.78 Å². The van der Waals surface area contributed by atoms with Crippen LogP contribution < -0.4 is 14.8 Å². The van der Waals surface area contributed by atoms with Crippen LogP contribution in [0.3, 0.4) is 0 Å². The van der Waals surface area contributed by atoms with E-state index in [0.717, 1.165) is 6.42 Å². The molecule has 32 heavy (non-hydrogen) atoms. The third-order valence-electron chi connectivity index (χ3n) is 4.86. The summed E-state index contributed by atoms with van der Waals surface area (Å²) in [7, 11) is 3.26. The maximum atomic E-state index is 12.8. The molecule has 0 unspecified atom stereocenters. The molecule has 0 bridgehead atoms. The SMILES string of the molecule is COc1cc(C(=O)Nc2ccc(C(=O)c3nccn3C)cc2)cc(Cl)c1OCCC(C)C. The summed E-state index contributed by atoms with van der Waals surface area (Å²) >= 11 is 6.36. The number of halogens is 1. The number of hydrogen-bond acceptors (Lipinski definition) is 5. The Morgan fingerprint density at radius 2 is 1.88 bits per heavy atom. The minimum atomic E-state index is -0.359. The third kappa shape index (κ3) is 5.48. The molecule has 1 N–H and O–H groups in total. The van der Waals surface area contributed by atoms with Gasteiger partial charge in [-0.05, 0) is 48.7 Å². The summed E-state index contributed by atoms with van der Waals surface area (Å²) in [6, 6.07) is 9.75. The molecule has 168 valence electrons. The molecule has 1 heterocycles. The monoisotopic (exact) mass is 455 g/mol. The molecular formula is C24H26ClN3O4. The van der Waals surface area contributed by atoms with Crippen molar-refractivity contribution in [1.29, 1.82) is 0 Å². The van der Waals surface area contributed by atoms with Gasteiger partial charge in [-0.25, -0.2) is 4.98 Å². The average molecular weight is 456 g/mol. The number of hydrogen-bond donors (Lipinski definition) is 1. The number of imidazole rings is 1. The highest BCUT2D eigenvalue weighted by atomic mass is 35.5. The number of anilines is 1. The van der Waals surface area contributed by atoms with Crippen molar-refractivity contribution in [3.05, 3.63) is 70.8 Å². The van der Waals surface area contributed by atoms with Crippen molar-refractivity contribution < 1.29 is 19.1 Å². The molecule has 0 aliphatic rings. The molecule has 0 spiro atoms. The van der Waals surface area contributed by atoms with E-state index in [1.807, 2.05) is 0 Å². The van der Waals surface area contributed by atoms with Crippen LogP contribution in [-0.2, 0) is 7.05 Å². The molecule has 0 aliphatic carbocycles. The average Bonchev–Trinajstić information content (AvgIpc) is 3.20. The van der Waals surface area contributed by atoms with Crippen LogP contribution in [0.25, 0.3) is 0 Å². The molecule has 0 radical (unpaired) electrons. The number of benzene rings is 2. The Bertz CT molecular complexity index is 1110. The second-order valence-corrected chi connectivity index (χ2v) is 8.15. The van der Waals surface area contributed by atoms with E-state index in [4.69, 9.17) is 21.1 Å². The Morgan fingerprint density at radius 3 is 2.47 bits per heavy atom. The molecule has 0 fully saturated rings. The van der Waals surface area contributed by atoms with Crippen LogP contribution in [0.4, 0.5) is 5.69 Å². The number of aromatic nitrogens is 2. The number of nitrogens with one attached hydrogen (secondary N) is 1. The number of rotatable bonds is 9. The lowest BCUT2D eigenvalue weighted by Crippen LogP contribution is -2.13. The van der Waals surface area contributed by atoms with Crippen LogP contribution in [0.2, 0.25) is 5.02 Å². The molecule has 1 amide bonds. The molecule has 2 aromatic carbocycles. The van der Waals surface area contributed by atoms with E-state index in [9.17, 15) is 9.59 Å². The van der Waals surface area contributed by atoms with E-state index in [1.165, 1.54) is 7.11 Å². The van der Waals surface area contributed by atoms with Crippen LogP contribution in [-0.4, -0.2) is 35.0 Å². The summed E-state index contributed by atoms with van der Waals surface area (Å²) < 4.78 is 12.8. The van der Waals surface area contributed by atoms with E-state index in [0.29, 0.717) is 51.7 Å². The first-order valence-corrected chi connectivity index (χ1v) is 10.6. The van der Waals surface area contributed by atoms with Gasteiger partial charge in [0.25, 0.3) is 5.91 Å². The molecule has 8 heteroatoms. The molecule has 0 saturated heterocycles. The number of aryl methyl sites for hydroxylation is 1. The van der Waals surface area contributed by atoms with Gasteiger partial charge < -0.3 is 19.4 Å². The zero-order valence-electron chi connectivity index (χ0n) is 18.5. The minimum absolute atomic E-state index is 0.194. The van der Waals surface area contributed by atoms with Gasteiger partial charge in [0.15, 0.2) is 17.3 Å². The molecular weight excluding hydrogens is 430 g/mol. The predicted octanol–water partition coefficient (Wildman–Crippen LogP) is 4.99. The summed E-state index contributed by atoms with van der Waals surface area (Å²) in [5, 5.41) is 3.10. The second kappa shape index (κ2) is 10.3. The third-order valence-corrected chi connectivity index (χ3v) is 5.14. The number of ether oxygens (including phenoxy) is 2. The number of carbonyl (C=O) groups is 2. The van der Waals surface area contributed by atoms with E-state index in [2.05, 4.69) is 24.1 Å². The van der Waals surface area contributed by atoms with Crippen molar-refractivity contribution in [2.24, 2.45) is 13.0 Å². The number of nitrogens with zero attached hydrogens (tertiary/aromatic N) is 2. The Morgan fingerprint density at radius 1 is 1.16 bits per heavy atom. The van der Waals surface area contributed by atoms with Crippen LogP contribution in [0.15, 0.2) is 48.8 Å². The van der Waals surface area contributed by atoms with Crippen molar-refractivity contribution in [3.8, 4) is 11.5 Å².